The van der Waals surface area contributed by atoms with E-state index in [1.54, 1.807) is 24.3 Å². The molecular formula is C14H17ClN2O3S. The van der Waals surface area contributed by atoms with Crippen molar-refractivity contribution in [3.05, 3.63) is 29.3 Å². The molecule has 0 aromatic heterocycles. The van der Waals surface area contributed by atoms with E-state index < -0.39 is 18.0 Å². The first-order valence-electron chi connectivity index (χ1n) is 6.59. The maximum absolute atomic E-state index is 12.5. The molecule has 114 valence electrons. The highest BCUT2D eigenvalue weighted by molar-refractivity contribution is 8.00. The number of amides is 2. The molecule has 0 spiro atoms. The number of hydrogen-bond acceptors (Lipinski definition) is 3. The van der Waals surface area contributed by atoms with Crippen molar-refractivity contribution in [1.29, 1.82) is 0 Å². The van der Waals surface area contributed by atoms with Crippen molar-refractivity contribution in [2.24, 2.45) is 5.92 Å². The van der Waals surface area contributed by atoms with Crippen LogP contribution in [0.5, 0.6) is 0 Å². The summed E-state index contributed by atoms with van der Waals surface area (Å²) in [5.41, 5.74) is 0.552. The van der Waals surface area contributed by atoms with Crippen LogP contribution in [0.2, 0.25) is 5.02 Å². The standard InChI is InChI=1S/C14H17ClN2O3S/c1-8(2)12-17(11(7-21-12)13(18)19)14(20)16-10-5-3-4-9(15)6-10/h3-6,8,11-12H,7H2,1-2H3,(H,16,20)(H,18,19). The Morgan fingerprint density at radius 2 is 2.19 bits per heavy atom. The van der Waals surface area contributed by atoms with E-state index >= 15 is 0 Å². The summed E-state index contributed by atoms with van der Waals surface area (Å²) in [5.74, 6) is -0.405. The second-order valence-corrected chi connectivity index (χ2v) is 6.76. The van der Waals surface area contributed by atoms with Crippen molar-refractivity contribution in [3.8, 4) is 0 Å². The first-order chi connectivity index (χ1) is 9.90. The number of carboxylic acid groups (broad SMARTS) is 1. The van der Waals surface area contributed by atoms with Gasteiger partial charge in [-0.2, -0.15) is 0 Å². The molecule has 0 bridgehead atoms. The topological polar surface area (TPSA) is 69.6 Å². The van der Waals surface area contributed by atoms with Gasteiger partial charge in [-0.3, -0.25) is 4.90 Å². The Morgan fingerprint density at radius 1 is 1.48 bits per heavy atom. The molecule has 2 N–H and O–H groups in total. The Bertz CT molecular complexity index is 553. The minimum Gasteiger partial charge on any atom is -0.480 e. The molecule has 2 amide bonds. The number of aliphatic carboxylic acids is 1. The van der Waals surface area contributed by atoms with Gasteiger partial charge in [0, 0.05) is 16.5 Å². The number of carbonyl (C=O) groups excluding carboxylic acids is 1. The monoisotopic (exact) mass is 328 g/mol. The van der Waals surface area contributed by atoms with Crippen molar-refractivity contribution in [1.82, 2.24) is 4.90 Å². The number of urea groups is 1. The first-order valence-corrected chi connectivity index (χ1v) is 8.02. The molecule has 1 aliphatic heterocycles. The molecule has 1 fully saturated rings. The van der Waals surface area contributed by atoms with Crippen molar-refractivity contribution in [3.63, 3.8) is 0 Å². The van der Waals surface area contributed by atoms with Crippen LogP contribution in [0.3, 0.4) is 0 Å². The van der Waals surface area contributed by atoms with Crippen LogP contribution in [0, 0.1) is 5.92 Å². The van der Waals surface area contributed by atoms with Crippen molar-refractivity contribution in [2.45, 2.75) is 25.3 Å². The average molecular weight is 329 g/mol. The van der Waals surface area contributed by atoms with Gasteiger partial charge in [0.2, 0.25) is 0 Å². The predicted octanol–water partition coefficient (Wildman–Crippen LogP) is 3.36. The molecule has 2 rings (SSSR count). The Kier molecular flexibility index (Phi) is 5.00. The van der Waals surface area contributed by atoms with Crippen LogP contribution in [0.4, 0.5) is 10.5 Å². The molecule has 7 heteroatoms. The second-order valence-electron chi connectivity index (χ2n) is 5.17. The number of anilines is 1. The average Bonchev–Trinajstić information content (AvgIpc) is 2.83. The third-order valence-corrected chi connectivity index (χ3v) is 5.06. The number of carbonyl (C=O) groups is 2. The van der Waals surface area contributed by atoms with E-state index in [9.17, 15) is 14.7 Å². The number of rotatable bonds is 3. The third-order valence-electron chi connectivity index (χ3n) is 3.20. The van der Waals surface area contributed by atoms with Gasteiger partial charge in [-0.05, 0) is 24.1 Å². The maximum atomic E-state index is 12.5. The van der Waals surface area contributed by atoms with E-state index in [1.165, 1.54) is 16.7 Å². The lowest BCUT2D eigenvalue weighted by Crippen LogP contribution is -2.49. The molecule has 0 saturated carbocycles. The highest BCUT2D eigenvalue weighted by atomic mass is 35.5. The van der Waals surface area contributed by atoms with Crippen molar-refractivity contribution >= 4 is 41.1 Å². The molecule has 2 atom stereocenters. The van der Waals surface area contributed by atoms with E-state index in [1.807, 2.05) is 13.8 Å². The molecule has 1 aromatic rings. The zero-order valence-electron chi connectivity index (χ0n) is 11.7. The van der Waals surface area contributed by atoms with Gasteiger partial charge < -0.3 is 10.4 Å². The summed E-state index contributed by atoms with van der Waals surface area (Å²) in [6.45, 7) is 3.95. The summed E-state index contributed by atoms with van der Waals surface area (Å²) < 4.78 is 0. The van der Waals surface area contributed by atoms with E-state index in [0.717, 1.165) is 0 Å². The van der Waals surface area contributed by atoms with Crippen LogP contribution in [0.15, 0.2) is 24.3 Å². The predicted molar refractivity (Wildman–Crippen MR) is 84.8 cm³/mol. The summed E-state index contributed by atoms with van der Waals surface area (Å²) >= 11 is 7.38. The largest absolute Gasteiger partial charge is 0.480 e. The number of hydrogen-bond donors (Lipinski definition) is 2. The zero-order valence-corrected chi connectivity index (χ0v) is 13.3. The Labute approximate surface area is 132 Å². The van der Waals surface area contributed by atoms with Crippen LogP contribution in [0.25, 0.3) is 0 Å². The normalized spacial score (nSPS) is 21.6. The van der Waals surface area contributed by atoms with Crippen LogP contribution < -0.4 is 5.32 Å². The molecule has 1 aliphatic rings. The molecule has 5 nitrogen and oxygen atoms in total. The molecule has 1 aromatic carbocycles. The summed E-state index contributed by atoms with van der Waals surface area (Å²) in [4.78, 5) is 25.2. The molecule has 21 heavy (non-hydrogen) atoms. The van der Waals surface area contributed by atoms with E-state index in [-0.39, 0.29) is 11.3 Å². The summed E-state index contributed by atoms with van der Waals surface area (Å²) in [5, 5.41) is 12.4. The van der Waals surface area contributed by atoms with Crippen LogP contribution in [0.1, 0.15) is 13.8 Å². The van der Waals surface area contributed by atoms with Gasteiger partial charge in [0.05, 0.1) is 5.37 Å². The summed E-state index contributed by atoms with van der Waals surface area (Å²) in [7, 11) is 0. The minimum absolute atomic E-state index is 0.148. The third kappa shape index (κ3) is 3.63. The van der Waals surface area contributed by atoms with Gasteiger partial charge in [-0.1, -0.05) is 31.5 Å². The highest BCUT2D eigenvalue weighted by Crippen LogP contribution is 2.34. The molecule has 2 unspecified atom stereocenters. The fraction of sp³-hybridized carbons (Fsp3) is 0.429. The maximum Gasteiger partial charge on any atom is 0.327 e. The lowest BCUT2D eigenvalue weighted by Gasteiger charge is -2.29. The molecule has 0 radical (unpaired) electrons. The molecule has 1 saturated heterocycles. The van der Waals surface area contributed by atoms with E-state index in [4.69, 9.17) is 11.6 Å². The van der Waals surface area contributed by atoms with Crippen LogP contribution in [-0.4, -0.2) is 39.2 Å². The van der Waals surface area contributed by atoms with Crippen LogP contribution in [-0.2, 0) is 4.79 Å². The van der Waals surface area contributed by atoms with Gasteiger partial charge in [-0.25, -0.2) is 9.59 Å². The lowest BCUT2D eigenvalue weighted by molar-refractivity contribution is -0.141. The highest BCUT2D eigenvalue weighted by Gasteiger charge is 2.42. The lowest BCUT2D eigenvalue weighted by atomic mass is 10.1. The van der Waals surface area contributed by atoms with Crippen molar-refractivity contribution < 1.29 is 14.7 Å². The van der Waals surface area contributed by atoms with Gasteiger partial charge in [0.25, 0.3) is 0 Å². The summed E-state index contributed by atoms with van der Waals surface area (Å²) in [6.07, 6.45) is 0. The Morgan fingerprint density at radius 3 is 2.76 bits per heavy atom. The first kappa shape index (κ1) is 16.0. The molecular weight excluding hydrogens is 312 g/mol. The second kappa shape index (κ2) is 6.58. The Balaban J connectivity index is 2.19. The number of benzene rings is 1. The van der Waals surface area contributed by atoms with Crippen molar-refractivity contribution in [2.75, 3.05) is 11.1 Å². The number of nitrogens with zero attached hydrogens (tertiary/aromatic N) is 1. The zero-order chi connectivity index (χ0) is 15.6. The fourth-order valence-electron chi connectivity index (χ4n) is 2.24. The minimum atomic E-state index is -0.980. The van der Waals surface area contributed by atoms with Gasteiger partial charge in [0.15, 0.2) is 0 Å². The van der Waals surface area contributed by atoms with Gasteiger partial charge >= 0.3 is 12.0 Å². The fourth-order valence-corrected chi connectivity index (χ4v) is 3.90. The molecule has 0 aliphatic carbocycles. The van der Waals surface area contributed by atoms with E-state index in [2.05, 4.69) is 5.32 Å². The number of thioether (sulfide) groups is 1. The number of carboxylic acids is 1. The van der Waals surface area contributed by atoms with E-state index in [0.29, 0.717) is 16.5 Å². The van der Waals surface area contributed by atoms with Crippen LogP contribution >= 0.6 is 23.4 Å². The van der Waals surface area contributed by atoms with Gasteiger partial charge in [-0.15, -0.1) is 11.8 Å². The quantitative estimate of drug-likeness (QED) is 0.892. The number of nitrogens with one attached hydrogen (secondary N) is 1. The molecule has 1 heterocycles. The SMILES string of the molecule is CC(C)C1SCC(C(=O)O)N1C(=O)Nc1cccc(Cl)c1. The number of halogens is 1. The smallest absolute Gasteiger partial charge is 0.327 e. The Hall–Kier alpha value is -1.40. The van der Waals surface area contributed by atoms with Gasteiger partial charge in [0.1, 0.15) is 6.04 Å². The summed E-state index contributed by atoms with van der Waals surface area (Å²) in [6, 6.07) is 5.57.